The lowest BCUT2D eigenvalue weighted by molar-refractivity contribution is -0.124. The Bertz CT molecular complexity index is 936. The number of amides is 1. The second-order valence-corrected chi connectivity index (χ2v) is 7.97. The first-order valence-corrected chi connectivity index (χ1v) is 10.1. The zero-order valence-corrected chi connectivity index (χ0v) is 16.3. The highest BCUT2D eigenvalue weighted by molar-refractivity contribution is 5.84. The Morgan fingerprint density at radius 3 is 2.23 bits per heavy atom. The Morgan fingerprint density at radius 1 is 0.933 bits per heavy atom. The van der Waals surface area contributed by atoms with Crippen molar-refractivity contribution >= 4 is 11.9 Å². The molecule has 2 unspecified atom stereocenters. The van der Waals surface area contributed by atoms with Crippen molar-refractivity contribution in [2.75, 3.05) is 0 Å². The molecule has 2 bridgehead atoms. The van der Waals surface area contributed by atoms with E-state index in [2.05, 4.69) is 0 Å². The summed E-state index contributed by atoms with van der Waals surface area (Å²) in [5.41, 5.74) is 0.361. The summed E-state index contributed by atoms with van der Waals surface area (Å²) in [5.74, 6) is -4.15. The average Bonchev–Trinajstić information content (AvgIpc) is 3.02. The van der Waals surface area contributed by atoms with Gasteiger partial charge in [0.2, 0.25) is 0 Å². The molecule has 7 heteroatoms. The van der Waals surface area contributed by atoms with Gasteiger partial charge in [0.15, 0.2) is 11.6 Å². The molecule has 0 N–H and O–H groups in total. The number of carbonyl (C=O) groups is 2. The number of Topliss-reactive ketones (excluding diaryl/α,β-unsaturated/α-hetero) is 1. The molecule has 0 aromatic heterocycles. The highest BCUT2D eigenvalue weighted by Gasteiger charge is 2.45. The summed E-state index contributed by atoms with van der Waals surface area (Å²) in [6, 6.07) is 10.6. The minimum Gasteiger partial charge on any atom is -0.445 e. The molecule has 2 atom stereocenters. The van der Waals surface area contributed by atoms with Gasteiger partial charge in [-0.25, -0.2) is 18.0 Å². The van der Waals surface area contributed by atoms with Crippen LogP contribution >= 0.6 is 0 Å². The number of hydrogen-bond acceptors (Lipinski definition) is 3. The molecule has 0 spiro atoms. The normalized spacial score (nSPS) is 22.8. The van der Waals surface area contributed by atoms with Crippen LogP contribution in [0.1, 0.15) is 36.8 Å². The maximum absolute atomic E-state index is 13.9. The van der Waals surface area contributed by atoms with Crippen molar-refractivity contribution in [2.45, 2.75) is 50.8 Å². The lowest BCUT2D eigenvalue weighted by atomic mass is 9.85. The lowest BCUT2D eigenvalue weighted by Crippen LogP contribution is -2.48. The van der Waals surface area contributed by atoms with Gasteiger partial charge in [-0.1, -0.05) is 30.3 Å². The van der Waals surface area contributed by atoms with Gasteiger partial charge in [-0.15, -0.1) is 0 Å². The number of piperidine rings is 1. The molecule has 30 heavy (non-hydrogen) atoms. The van der Waals surface area contributed by atoms with Gasteiger partial charge in [-0.05, 0) is 43.4 Å². The van der Waals surface area contributed by atoms with Crippen molar-refractivity contribution in [2.24, 2.45) is 5.92 Å². The van der Waals surface area contributed by atoms with Crippen LogP contribution in [0.2, 0.25) is 0 Å². The number of ketones is 1. The minimum atomic E-state index is -1.31. The summed E-state index contributed by atoms with van der Waals surface area (Å²) < 4.78 is 46.7. The smallest absolute Gasteiger partial charge is 0.410 e. The number of rotatable bonds is 5. The molecule has 2 aliphatic heterocycles. The van der Waals surface area contributed by atoms with Gasteiger partial charge in [0.25, 0.3) is 0 Å². The number of fused-ring (bicyclic) bond motifs is 2. The highest BCUT2D eigenvalue weighted by Crippen LogP contribution is 2.40. The van der Waals surface area contributed by atoms with Crippen LogP contribution in [0.5, 0.6) is 0 Å². The molecule has 0 saturated carbocycles. The van der Waals surface area contributed by atoms with Gasteiger partial charge in [0, 0.05) is 30.0 Å². The second-order valence-electron chi connectivity index (χ2n) is 7.97. The van der Waals surface area contributed by atoms with Gasteiger partial charge < -0.3 is 9.64 Å². The number of nitrogens with zero attached hydrogens (tertiary/aromatic N) is 1. The van der Waals surface area contributed by atoms with E-state index in [0.29, 0.717) is 18.9 Å². The number of hydrogen-bond donors (Lipinski definition) is 0. The van der Waals surface area contributed by atoms with E-state index in [1.165, 1.54) is 0 Å². The van der Waals surface area contributed by atoms with Gasteiger partial charge in [0.05, 0.1) is 0 Å². The van der Waals surface area contributed by atoms with E-state index in [4.69, 9.17) is 4.74 Å². The van der Waals surface area contributed by atoms with E-state index >= 15 is 0 Å². The molecule has 2 aliphatic rings. The quantitative estimate of drug-likeness (QED) is 0.657. The molecule has 2 heterocycles. The van der Waals surface area contributed by atoms with Crippen LogP contribution in [0.15, 0.2) is 42.5 Å². The number of halogens is 3. The molecule has 4 nitrogen and oxygen atoms in total. The zero-order valence-electron chi connectivity index (χ0n) is 16.3. The van der Waals surface area contributed by atoms with Gasteiger partial charge in [-0.3, -0.25) is 4.79 Å². The first-order chi connectivity index (χ1) is 14.4. The molecular weight excluding hydrogens is 395 g/mol. The summed E-state index contributed by atoms with van der Waals surface area (Å²) in [7, 11) is 0. The van der Waals surface area contributed by atoms with Crippen LogP contribution in [0.25, 0.3) is 0 Å². The van der Waals surface area contributed by atoms with Crippen LogP contribution in [-0.4, -0.2) is 28.9 Å². The Hall–Kier alpha value is -2.83. The summed E-state index contributed by atoms with van der Waals surface area (Å²) in [5, 5.41) is 0. The lowest BCUT2D eigenvalue weighted by Gasteiger charge is -2.37. The third-order valence-electron chi connectivity index (χ3n) is 6.09. The molecule has 0 radical (unpaired) electrons. The monoisotopic (exact) mass is 417 g/mol. The fourth-order valence-electron chi connectivity index (χ4n) is 4.58. The van der Waals surface area contributed by atoms with Crippen LogP contribution in [0.3, 0.4) is 0 Å². The Morgan fingerprint density at radius 2 is 1.57 bits per heavy atom. The third kappa shape index (κ3) is 4.06. The molecule has 2 aromatic rings. The Balaban J connectivity index is 1.38. The third-order valence-corrected chi connectivity index (χ3v) is 6.09. The van der Waals surface area contributed by atoms with Crippen LogP contribution in [-0.2, 0) is 22.6 Å². The molecule has 0 aliphatic carbocycles. The number of benzene rings is 2. The molecule has 2 aromatic carbocycles. The predicted octanol–water partition coefficient (Wildman–Crippen LogP) is 4.80. The molecule has 158 valence electrons. The van der Waals surface area contributed by atoms with Gasteiger partial charge in [0.1, 0.15) is 18.2 Å². The molecule has 2 saturated heterocycles. The van der Waals surface area contributed by atoms with E-state index < -0.39 is 41.4 Å². The van der Waals surface area contributed by atoms with Crippen molar-refractivity contribution in [3.05, 3.63) is 71.0 Å². The van der Waals surface area contributed by atoms with Crippen LogP contribution in [0, 0.1) is 23.4 Å². The maximum Gasteiger partial charge on any atom is 0.410 e. The topological polar surface area (TPSA) is 46.6 Å². The fourth-order valence-corrected chi connectivity index (χ4v) is 4.58. The summed E-state index contributed by atoms with van der Waals surface area (Å²) in [4.78, 5) is 27.0. The molecule has 1 amide bonds. The zero-order chi connectivity index (χ0) is 21.3. The highest BCUT2D eigenvalue weighted by atomic mass is 19.2. The SMILES string of the molecule is O=C(Cc1c(F)ccc(F)c1F)C1CC2CCC(C1)N2C(=O)OCc1ccccc1. The number of ether oxygens (including phenoxy) is 1. The molecular formula is C23H22F3NO3. The van der Waals surface area contributed by atoms with E-state index in [-0.39, 0.29) is 24.5 Å². The van der Waals surface area contributed by atoms with Gasteiger partial charge >= 0.3 is 6.09 Å². The molecule has 2 fully saturated rings. The van der Waals surface area contributed by atoms with E-state index in [1.807, 2.05) is 30.3 Å². The minimum absolute atomic E-state index is 0.136. The van der Waals surface area contributed by atoms with E-state index in [9.17, 15) is 22.8 Å². The standard InChI is InChI=1S/C23H22F3NO3/c24-19-8-9-20(25)22(26)18(19)12-21(28)15-10-16-6-7-17(11-15)27(16)23(29)30-13-14-4-2-1-3-5-14/h1-5,8-9,15-17H,6-7,10-13H2. The van der Waals surface area contributed by atoms with Crippen molar-refractivity contribution in [1.29, 1.82) is 0 Å². The predicted molar refractivity (Wildman–Crippen MR) is 103 cm³/mol. The second kappa shape index (κ2) is 8.50. The van der Waals surface area contributed by atoms with Crippen molar-refractivity contribution < 1.29 is 27.5 Å². The summed E-state index contributed by atoms with van der Waals surface area (Å²) in [6.45, 7) is 0.177. The molecule has 4 rings (SSSR count). The van der Waals surface area contributed by atoms with Crippen molar-refractivity contribution in [1.82, 2.24) is 4.90 Å². The Labute approximate surface area is 172 Å². The number of carbonyl (C=O) groups excluding carboxylic acids is 2. The summed E-state index contributed by atoms with van der Waals surface area (Å²) >= 11 is 0. The van der Waals surface area contributed by atoms with Crippen molar-refractivity contribution in [3.63, 3.8) is 0 Å². The van der Waals surface area contributed by atoms with Gasteiger partial charge in [-0.2, -0.15) is 0 Å². The van der Waals surface area contributed by atoms with Crippen molar-refractivity contribution in [3.8, 4) is 0 Å². The first kappa shape index (κ1) is 20.4. The maximum atomic E-state index is 13.9. The van der Waals surface area contributed by atoms with E-state index in [0.717, 1.165) is 24.5 Å². The average molecular weight is 417 g/mol. The summed E-state index contributed by atoms with van der Waals surface area (Å²) in [6.07, 6.45) is 1.48. The largest absolute Gasteiger partial charge is 0.445 e. The van der Waals surface area contributed by atoms with E-state index in [1.54, 1.807) is 4.90 Å². The Kier molecular flexibility index (Phi) is 5.79. The van der Waals surface area contributed by atoms with Crippen LogP contribution in [0.4, 0.5) is 18.0 Å². The first-order valence-electron chi connectivity index (χ1n) is 10.1. The fraction of sp³-hybridized carbons (Fsp3) is 0.391. The van der Waals surface area contributed by atoms with Crippen LogP contribution < -0.4 is 0 Å².